The lowest BCUT2D eigenvalue weighted by atomic mass is 10.1. The van der Waals surface area contributed by atoms with Crippen LogP contribution in [0.25, 0.3) is 0 Å². The molecule has 1 fully saturated rings. The van der Waals surface area contributed by atoms with Gasteiger partial charge in [0.05, 0.1) is 41.4 Å². The summed E-state index contributed by atoms with van der Waals surface area (Å²) in [6, 6.07) is 9.80. The average Bonchev–Trinajstić information content (AvgIpc) is 3.09. The molecule has 0 unspecified atom stereocenters. The Morgan fingerprint density at radius 2 is 2.15 bits per heavy atom. The van der Waals surface area contributed by atoms with E-state index in [4.69, 9.17) is 11.6 Å². The fourth-order valence-corrected chi connectivity index (χ4v) is 4.85. The van der Waals surface area contributed by atoms with Gasteiger partial charge in [-0.15, -0.1) is 0 Å². The third-order valence-corrected chi connectivity index (χ3v) is 6.42. The summed E-state index contributed by atoms with van der Waals surface area (Å²) in [4.78, 5) is 12.0. The van der Waals surface area contributed by atoms with Crippen molar-refractivity contribution in [2.24, 2.45) is 11.0 Å². The van der Waals surface area contributed by atoms with E-state index >= 15 is 0 Å². The van der Waals surface area contributed by atoms with Crippen LogP contribution in [0.2, 0.25) is 5.15 Å². The molecule has 1 amide bonds. The first kappa shape index (κ1) is 18.6. The largest absolute Gasteiger partial charge is 0.273 e. The highest BCUT2D eigenvalue weighted by Crippen LogP contribution is 2.20. The van der Waals surface area contributed by atoms with Crippen LogP contribution in [-0.4, -0.2) is 41.8 Å². The molecule has 0 spiro atoms. The van der Waals surface area contributed by atoms with Gasteiger partial charge in [-0.05, 0) is 18.9 Å². The number of aromatic nitrogens is 2. The second kappa shape index (κ2) is 7.59. The first-order valence-corrected chi connectivity index (χ1v) is 10.4. The van der Waals surface area contributed by atoms with E-state index < -0.39 is 21.7 Å². The molecule has 9 heteroatoms. The van der Waals surface area contributed by atoms with E-state index in [-0.39, 0.29) is 11.5 Å². The van der Waals surface area contributed by atoms with Crippen LogP contribution >= 0.6 is 11.6 Å². The first-order chi connectivity index (χ1) is 12.4. The van der Waals surface area contributed by atoms with E-state index in [1.807, 2.05) is 30.3 Å². The zero-order valence-electron chi connectivity index (χ0n) is 14.2. The van der Waals surface area contributed by atoms with Gasteiger partial charge in [0.2, 0.25) is 5.91 Å². The number of amides is 1. The molecule has 2 aromatic rings. The fourth-order valence-electron chi connectivity index (χ4n) is 2.83. The maximum absolute atomic E-state index is 12.0. The Morgan fingerprint density at radius 1 is 1.42 bits per heavy atom. The second-order valence-corrected chi connectivity index (χ2v) is 8.85. The maximum Gasteiger partial charge on any atom is 0.244 e. The third-order valence-electron chi connectivity index (χ3n) is 4.26. The van der Waals surface area contributed by atoms with Crippen LogP contribution in [0, 0.1) is 12.8 Å². The monoisotopic (exact) mass is 394 g/mol. The van der Waals surface area contributed by atoms with Crippen molar-refractivity contribution in [2.75, 3.05) is 11.5 Å². The SMILES string of the molecule is Cc1nn(Cc2ccccc2)c(Cl)c1/C=N\NC(=O)[C@H]1CCS(=O)(=O)C1. The molecule has 1 saturated heterocycles. The van der Waals surface area contributed by atoms with E-state index in [0.717, 1.165) is 5.56 Å². The molecule has 138 valence electrons. The Bertz CT molecular complexity index is 938. The quantitative estimate of drug-likeness (QED) is 0.617. The highest BCUT2D eigenvalue weighted by molar-refractivity contribution is 7.91. The normalized spacial score (nSPS) is 19.1. The summed E-state index contributed by atoms with van der Waals surface area (Å²) in [5.41, 5.74) is 4.76. The molecule has 7 nitrogen and oxygen atoms in total. The number of sulfone groups is 1. The predicted molar refractivity (Wildman–Crippen MR) is 100 cm³/mol. The van der Waals surface area contributed by atoms with Gasteiger partial charge in [0.1, 0.15) is 5.15 Å². The summed E-state index contributed by atoms with van der Waals surface area (Å²) in [6.45, 7) is 2.33. The number of hydrogen-bond acceptors (Lipinski definition) is 5. The zero-order valence-corrected chi connectivity index (χ0v) is 15.8. The van der Waals surface area contributed by atoms with Crippen molar-refractivity contribution < 1.29 is 13.2 Å². The van der Waals surface area contributed by atoms with Gasteiger partial charge in [0.25, 0.3) is 0 Å². The molecule has 26 heavy (non-hydrogen) atoms. The van der Waals surface area contributed by atoms with E-state index in [0.29, 0.717) is 29.4 Å². The van der Waals surface area contributed by atoms with Crippen molar-refractivity contribution in [3.63, 3.8) is 0 Å². The van der Waals surface area contributed by atoms with Crippen LogP contribution in [0.3, 0.4) is 0 Å². The zero-order chi connectivity index (χ0) is 18.7. The van der Waals surface area contributed by atoms with E-state index in [1.165, 1.54) is 6.21 Å². The van der Waals surface area contributed by atoms with Gasteiger partial charge < -0.3 is 0 Å². The van der Waals surface area contributed by atoms with Crippen LogP contribution in [0.5, 0.6) is 0 Å². The van der Waals surface area contributed by atoms with Gasteiger partial charge >= 0.3 is 0 Å². The second-order valence-electron chi connectivity index (χ2n) is 6.27. The maximum atomic E-state index is 12.0. The standard InChI is InChI=1S/C17H19ClN4O3S/c1-12-15(9-19-20-17(23)14-7-8-26(24,25)11-14)16(18)22(21-12)10-13-5-3-2-4-6-13/h2-6,9,14H,7-8,10-11H2,1H3,(H,20,23)/b19-9-/t14-/m0/s1. The Balaban J connectivity index is 1.66. The molecular weight excluding hydrogens is 376 g/mol. The summed E-state index contributed by atoms with van der Waals surface area (Å²) in [6.07, 6.45) is 1.77. The number of carbonyl (C=O) groups excluding carboxylic acids is 1. The Labute approximate surface area is 157 Å². The smallest absolute Gasteiger partial charge is 0.244 e. The molecular formula is C17H19ClN4O3S. The van der Waals surface area contributed by atoms with Gasteiger partial charge in [-0.25, -0.2) is 18.5 Å². The van der Waals surface area contributed by atoms with Gasteiger partial charge in [-0.1, -0.05) is 41.9 Å². The molecule has 1 N–H and O–H groups in total. The van der Waals surface area contributed by atoms with Crippen LogP contribution in [0.4, 0.5) is 0 Å². The molecule has 3 rings (SSSR count). The van der Waals surface area contributed by atoms with Crippen LogP contribution in [0.15, 0.2) is 35.4 Å². The van der Waals surface area contributed by atoms with Gasteiger partial charge in [0.15, 0.2) is 9.84 Å². The predicted octanol–water partition coefficient (Wildman–Crippen LogP) is 1.78. The number of carbonyl (C=O) groups is 1. The number of rotatable bonds is 5. The molecule has 0 bridgehead atoms. The van der Waals surface area contributed by atoms with Crippen LogP contribution in [-0.2, 0) is 21.2 Å². The number of nitrogens with one attached hydrogen (secondary N) is 1. The number of hydrogen-bond donors (Lipinski definition) is 1. The highest BCUT2D eigenvalue weighted by Gasteiger charge is 2.32. The molecule has 1 aliphatic heterocycles. The minimum Gasteiger partial charge on any atom is -0.273 e. The third kappa shape index (κ3) is 4.31. The number of hydrazone groups is 1. The lowest BCUT2D eigenvalue weighted by Crippen LogP contribution is -2.27. The molecule has 0 aliphatic carbocycles. The number of aryl methyl sites for hydroxylation is 1. The molecule has 0 radical (unpaired) electrons. The molecule has 1 aliphatic rings. The first-order valence-electron chi connectivity index (χ1n) is 8.16. The summed E-state index contributed by atoms with van der Waals surface area (Å²) < 4.78 is 24.5. The lowest BCUT2D eigenvalue weighted by Gasteiger charge is -2.04. The van der Waals surface area contributed by atoms with Crippen molar-refractivity contribution in [2.45, 2.75) is 19.9 Å². The summed E-state index contributed by atoms with van der Waals surface area (Å²) in [7, 11) is -3.10. The van der Waals surface area contributed by atoms with Crippen molar-refractivity contribution in [3.8, 4) is 0 Å². The Kier molecular flexibility index (Phi) is 5.43. The number of nitrogens with zero attached hydrogens (tertiary/aromatic N) is 3. The minimum atomic E-state index is -3.10. The Hall–Kier alpha value is -2.19. The average molecular weight is 395 g/mol. The number of halogens is 1. The highest BCUT2D eigenvalue weighted by atomic mass is 35.5. The number of benzene rings is 1. The van der Waals surface area contributed by atoms with Crippen LogP contribution in [0.1, 0.15) is 23.2 Å². The molecule has 1 aromatic heterocycles. The molecule has 0 saturated carbocycles. The summed E-state index contributed by atoms with van der Waals surface area (Å²) in [5.74, 6) is -1.02. The summed E-state index contributed by atoms with van der Waals surface area (Å²) in [5, 5.41) is 8.74. The van der Waals surface area contributed by atoms with Gasteiger partial charge in [0, 0.05) is 0 Å². The van der Waals surface area contributed by atoms with E-state index in [2.05, 4.69) is 15.6 Å². The fraction of sp³-hybridized carbons (Fsp3) is 0.353. The lowest BCUT2D eigenvalue weighted by molar-refractivity contribution is -0.124. The van der Waals surface area contributed by atoms with E-state index in [9.17, 15) is 13.2 Å². The molecule has 1 atom stereocenters. The molecule has 1 aromatic carbocycles. The van der Waals surface area contributed by atoms with Gasteiger partial charge in [-0.2, -0.15) is 10.2 Å². The topological polar surface area (TPSA) is 93.4 Å². The van der Waals surface area contributed by atoms with Crippen molar-refractivity contribution >= 4 is 33.6 Å². The van der Waals surface area contributed by atoms with E-state index in [1.54, 1.807) is 11.6 Å². The molecule has 2 heterocycles. The summed E-state index contributed by atoms with van der Waals surface area (Å²) >= 11 is 6.38. The minimum absolute atomic E-state index is 0.0476. The van der Waals surface area contributed by atoms with Gasteiger partial charge in [-0.3, -0.25) is 4.79 Å². The Morgan fingerprint density at radius 3 is 2.81 bits per heavy atom. The van der Waals surface area contributed by atoms with Crippen molar-refractivity contribution in [1.82, 2.24) is 15.2 Å². The van der Waals surface area contributed by atoms with Crippen molar-refractivity contribution in [1.29, 1.82) is 0 Å². The van der Waals surface area contributed by atoms with Crippen LogP contribution < -0.4 is 5.43 Å². The van der Waals surface area contributed by atoms with Crippen molar-refractivity contribution in [3.05, 3.63) is 52.3 Å².